The van der Waals surface area contributed by atoms with Crippen LogP contribution in [0.25, 0.3) is 11.3 Å². The van der Waals surface area contributed by atoms with Crippen molar-refractivity contribution in [1.82, 2.24) is 5.16 Å². The van der Waals surface area contributed by atoms with Crippen molar-refractivity contribution in [2.75, 3.05) is 17.2 Å². The molecule has 0 atom stereocenters. The Kier molecular flexibility index (Phi) is 2.68. The summed E-state index contributed by atoms with van der Waals surface area (Å²) in [5.41, 5.74) is 7.20. The molecular weight excluding hydrogens is 236 g/mol. The number of nitrogens with zero attached hydrogens (tertiary/aromatic N) is 1. The van der Waals surface area contributed by atoms with Crippen LogP contribution in [0.5, 0.6) is 5.75 Å². The van der Waals surface area contributed by atoms with Gasteiger partial charge in [0.05, 0.1) is 0 Å². The lowest BCUT2D eigenvalue weighted by molar-refractivity contribution is 0.240. The number of hydrogen-bond acceptors (Lipinski definition) is 5. The van der Waals surface area contributed by atoms with Crippen molar-refractivity contribution in [3.63, 3.8) is 0 Å². The number of nitrogen functional groups attached to an aromatic ring is 1. The lowest BCUT2D eigenvalue weighted by Gasteiger charge is -2.25. The fourth-order valence-electron chi connectivity index (χ4n) is 1.60. The third kappa shape index (κ3) is 2.24. The molecule has 88 valence electrons. The third-order valence-electron chi connectivity index (χ3n) is 2.59. The molecule has 0 unspecified atom stereocenters. The van der Waals surface area contributed by atoms with E-state index in [0.29, 0.717) is 12.0 Å². The first-order chi connectivity index (χ1) is 8.31. The second kappa shape index (κ2) is 4.33. The molecule has 1 fully saturated rings. The van der Waals surface area contributed by atoms with Gasteiger partial charge in [0.1, 0.15) is 17.5 Å². The SMILES string of the molecule is Nc1cc(-c2ccc(OC3CSC3)cc2)no1. The van der Waals surface area contributed by atoms with Crippen molar-refractivity contribution in [1.29, 1.82) is 0 Å². The van der Waals surface area contributed by atoms with Crippen molar-refractivity contribution >= 4 is 17.6 Å². The summed E-state index contributed by atoms with van der Waals surface area (Å²) in [6.45, 7) is 0. The summed E-state index contributed by atoms with van der Waals surface area (Å²) >= 11 is 1.91. The van der Waals surface area contributed by atoms with Gasteiger partial charge in [0, 0.05) is 23.1 Å². The van der Waals surface area contributed by atoms with Crippen molar-refractivity contribution in [2.24, 2.45) is 0 Å². The van der Waals surface area contributed by atoms with Gasteiger partial charge in [0.2, 0.25) is 5.88 Å². The Balaban J connectivity index is 1.75. The maximum Gasteiger partial charge on any atom is 0.222 e. The van der Waals surface area contributed by atoms with Crippen LogP contribution in [-0.4, -0.2) is 22.8 Å². The van der Waals surface area contributed by atoms with Crippen LogP contribution >= 0.6 is 11.8 Å². The van der Waals surface area contributed by atoms with Crippen molar-refractivity contribution in [2.45, 2.75) is 6.10 Å². The van der Waals surface area contributed by atoms with Crippen LogP contribution in [0.2, 0.25) is 0 Å². The molecule has 1 saturated heterocycles. The van der Waals surface area contributed by atoms with Crippen LogP contribution in [0, 0.1) is 0 Å². The lowest BCUT2D eigenvalue weighted by Crippen LogP contribution is -2.30. The number of anilines is 1. The molecule has 1 aliphatic heterocycles. The fourth-order valence-corrected chi connectivity index (χ4v) is 2.17. The minimum atomic E-state index is 0.326. The van der Waals surface area contributed by atoms with E-state index in [-0.39, 0.29) is 0 Å². The quantitative estimate of drug-likeness (QED) is 0.903. The fraction of sp³-hybridized carbons (Fsp3) is 0.250. The highest BCUT2D eigenvalue weighted by Crippen LogP contribution is 2.26. The van der Waals surface area contributed by atoms with E-state index >= 15 is 0 Å². The standard InChI is InChI=1S/C12H12N2O2S/c13-12-5-11(14-16-12)8-1-3-9(4-2-8)15-10-6-17-7-10/h1-5,10H,6-7,13H2. The average molecular weight is 248 g/mol. The number of nitrogens with two attached hydrogens (primary N) is 1. The summed E-state index contributed by atoms with van der Waals surface area (Å²) in [5.74, 6) is 3.39. The summed E-state index contributed by atoms with van der Waals surface area (Å²) in [6.07, 6.45) is 0.369. The Morgan fingerprint density at radius 2 is 2.06 bits per heavy atom. The molecule has 2 heterocycles. The first-order valence-corrected chi connectivity index (χ1v) is 6.54. The van der Waals surface area contributed by atoms with Gasteiger partial charge in [-0.05, 0) is 24.3 Å². The van der Waals surface area contributed by atoms with E-state index < -0.39 is 0 Å². The van der Waals surface area contributed by atoms with E-state index in [9.17, 15) is 0 Å². The van der Waals surface area contributed by atoms with Crippen LogP contribution < -0.4 is 10.5 Å². The summed E-state index contributed by atoms with van der Waals surface area (Å²) < 4.78 is 10.6. The van der Waals surface area contributed by atoms with Gasteiger partial charge in [-0.15, -0.1) is 0 Å². The zero-order valence-electron chi connectivity index (χ0n) is 9.13. The highest BCUT2D eigenvalue weighted by molar-refractivity contribution is 8.00. The normalized spacial score (nSPS) is 15.5. The lowest BCUT2D eigenvalue weighted by atomic mass is 10.1. The Morgan fingerprint density at radius 3 is 2.59 bits per heavy atom. The second-order valence-corrected chi connectivity index (χ2v) is 4.99. The van der Waals surface area contributed by atoms with Gasteiger partial charge in [-0.3, -0.25) is 0 Å². The largest absolute Gasteiger partial charge is 0.489 e. The molecule has 4 nitrogen and oxygen atoms in total. The van der Waals surface area contributed by atoms with E-state index in [1.54, 1.807) is 6.07 Å². The number of benzene rings is 1. The van der Waals surface area contributed by atoms with Crippen LogP contribution in [0.15, 0.2) is 34.9 Å². The predicted molar refractivity (Wildman–Crippen MR) is 68.1 cm³/mol. The first-order valence-electron chi connectivity index (χ1n) is 5.38. The van der Waals surface area contributed by atoms with Crippen LogP contribution in [0.4, 0.5) is 5.88 Å². The van der Waals surface area contributed by atoms with Gasteiger partial charge in [0.25, 0.3) is 0 Å². The average Bonchev–Trinajstić information content (AvgIpc) is 2.71. The highest BCUT2D eigenvalue weighted by atomic mass is 32.2. The van der Waals surface area contributed by atoms with Gasteiger partial charge in [-0.1, -0.05) is 5.16 Å². The molecular formula is C12H12N2O2S. The molecule has 5 heteroatoms. The minimum absolute atomic E-state index is 0.326. The molecule has 17 heavy (non-hydrogen) atoms. The number of rotatable bonds is 3. The summed E-state index contributed by atoms with van der Waals surface area (Å²) in [5, 5.41) is 3.86. The molecule has 0 spiro atoms. The molecule has 0 radical (unpaired) electrons. The maximum atomic E-state index is 5.76. The molecule has 1 aliphatic rings. The number of hydrogen-bond donors (Lipinski definition) is 1. The molecule has 2 aromatic rings. The Morgan fingerprint density at radius 1 is 1.29 bits per heavy atom. The molecule has 0 amide bonds. The number of aromatic nitrogens is 1. The first kappa shape index (κ1) is 10.5. The van der Waals surface area contributed by atoms with Gasteiger partial charge in [-0.2, -0.15) is 11.8 Å². The van der Waals surface area contributed by atoms with Crippen LogP contribution in [-0.2, 0) is 0 Å². The topological polar surface area (TPSA) is 61.3 Å². The summed E-state index contributed by atoms with van der Waals surface area (Å²) in [7, 11) is 0. The smallest absolute Gasteiger partial charge is 0.222 e. The van der Waals surface area contributed by atoms with Crippen LogP contribution in [0.1, 0.15) is 0 Å². The van der Waals surface area contributed by atoms with Gasteiger partial charge in [0.15, 0.2) is 0 Å². The Hall–Kier alpha value is -1.62. The molecule has 0 saturated carbocycles. The zero-order valence-corrected chi connectivity index (χ0v) is 9.94. The van der Waals surface area contributed by atoms with Gasteiger partial charge in [-0.25, -0.2) is 0 Å². The molecule has 0 aliphatic carbocycles. The Labute approximate surface area is 103 Å². The van der Waals surface area contributed by atoms with Crippen molar-refractivity contribution in [3.8, 4) is 17.0 Å². The van der Waals surface area contributed by atoms with Gasteiger partial charge >= 0.3 is 0 Å². The molecule has 0 bridgehead atoms. The Bertz CT molecular complexity index is 505. The number of ether oxygens (including phenoxy) is 1. The maximum absolute atomic E-state index is 5.76. The molecule has 3 rings (SSSR count). The van der Waals surface area contributed by atoms with Gasteiger partial charge < -0.3 is 15.0 Å². The molecule has 1 aromatic carbocycles. The van der Waals surface area contributed by atoms with E-state index in [1.807, 2.05) is 36.0 Å². The second-order valence-electron chi connectivity index (χ2n) is 3.92. The molecule has 2 N–H and O–H groups in total. The van der Waals surface area contributed by atoms with E-state index in [2.05, 4.69) is 5.16 Å². The molecule has 1 aromatic heterocycles. The van der Waals surface area contributed by atoms with E-state index in [0.717, 1.165) is 28.5 Å². The van der Waals surface area contributed by atoms with Crippen molar-refractivity contribution < 1.29 is 9.26 Å². The minimum Gasteiger partial charge on any atom is -0.489 e. The zero-order chi connectivity index (χ0) is 11.7. The predicted octanol–water partition coefficient (Wildman–Crippen LogP) is 2.42. The number of thioether (sulfide) groups is 1. The van der Waals surface area contributed by atoms with Crippen LogP contribution in [0.3, 0.4) is 0 Å². The van der Waals surface area contributed by atoms with E-state index in [1.165, 1.54) is 0 Å². The highest BCUT2D eigenvalue weighted by Gasteiger charge is 2.19. The summed E-state index contributed by atoms with van der Waals surface area (Å²) in [4.78, 5) is 0. The van der Waals surface area contributed by atoms with E-state index in [4.69, 9.17) is 15.0 Å². The summed E-state index contributed by atoms with van der Waals surface area (Å²) in [6, 6.07) is 9.52. The third-order valence-corrected chi connectivity index (χ3v) is 3.80. The van der Waals surface area contributed by atoms with Crippen molar-refractivity contribution in [3.05, 3.63) is 30.3 Å². The monoisotopic (exact) mass is 248 g/mol.